The highest BCUT2D eigenvalue weighted by Crippen LogP contribution is 2.36. The van der Waals surface area contributed by atoms with Crippen LogP contribution in [0.5, 0.6) is 11.5 Å². The maximum absolute atomic E-state index is 12.6. The van der Waals surface area contributed by atoms with Gasteiger partial charge in [0.05, 0.1) is 18.2 Å². The van der Waals surface area contributed by atoms with Gasteiger partial charge in [-0.15, -0.1) is 0 Å². The molecule has 6 nitrogen and oxygen atoms in total. The number of primary amides is 1. The van der Waals surface area contributed by atoms with E-state index >= 15 is 0 Å². The number of amides is 2. The van der Waals surface area contributed by atoms with Crippen molar-refractivity contribution in [2.75, 3.05) is 13.7 Å². The molecule has 1 atom stereocenters. The second-order valence-corrected chi connectivity index (χ2v) is 6.72. The van der Waals surface area contributed by atoms with Crippen molar-refractivity contribution >= 4 is 39.3 Å². The second-order valence-electron chi connectivity index (χ2n) is 5.46. The lowest BCUT2D eigenvalue weighted by molar-refractivity contribution is -0.119. The molecule has 0 bridgehead atoms. The lowest BCUT2D eigenvalue weighted by Gasteiger charge is -2.17. The molecule has 2 aromatic rings. The molecule has 0 aliphatic carbocycles. The predicted octanol–water partition coefficient (Wildman–Crippen LogP) is 3.47. The third-order valence-electron chi connectivity index (χ3n) is 3.57. The highest BCUT2D eigenvalue weighted by Gasteiger charge is 2.19. The zero-order valence-electron chi connectivity index (χ0n) is 14.2. The summed E-state index contributed by atoms with van der Waals surface area (Å²) in [6, 6.07) is 10.3. The molecule has 0 spiro atoms. The first-order valence-corrected chi connectivity index (χ1v) is 8.84. The second kappa shape index (κ2) is 8.91. The van der Waals surface area contributed by atoms with Gasteiger partial charge in [0.25, 0.3) is 11.8 Å². The Hall–Kier alpha value is -2.25. The molecule has 0 heterocycles. The minimum absolute atomic E-state index is 0.143. The van der Waals surface area contributed by atoms with E-state index in [1.807, 2.05) is 31.2 Å². The minimum atomic E-state index is -0.646. The molecule has 0 aromatic heterocycles. The number of hydrogen-bond donors (Lipinski definition) is 2. The van der Waals surface area contributed by atoms with Crippen molar-refractivity contribution in [2.24, 2.45) is 5.73 Å². The number of methoxy groups -OCH3 is 1. The van der Waals surface area contributed by atoms with Crippen LogP contribution in [0.25, 0.3) is 0 Å². The van der Waals surface area contributed by atoms with Crippen LogP contribution in [0, 0.1) is 0 Å². The van der Waals surface area contributed by atoms with E-state index in [-0.39, 0.29) is 35.1 Å². The van der Waals surface area contributed by atoms with Gasteiger partial charge in [-0.1, -0.05) is 45.7 Å². The predicted molar refractivity (Wildman–Crippen MR) is 103 cm³/mol. The zero-order valence-corrected chi connectivity index (χ0v) is 16.6. The fourth-order valence-electron chi connectivity index (χ4n) is 2.32. The van der Waals surface area contributed by atoms with Crippen LogP contribution in [0.2, 0.25) is 5.02 Å². The summed E-state index contributed by atoms with van der Waals surface area (Å²) in [7, 11) is 1.41. The third-order valence-corrected chi connectivity index (χ3v) is 4.57. The van der Waals surface area contributed by atoms with Gasteiger partial charge in [0.15, 0.2) is 18.1 Å². The van der Waals surface area contributed by atoms with Crippen molar-refractivity contribution < 1.29 is 19.1 Å². The SMILES string of the molecule is COc1cc(C(=O)NC(C)c2ccccc2Br)cc(Cl)c1OCC(N)=O. The number of halogens is 2. The highest BCUT2D eigenvalue weighted by atomic mass is 79.9. The number of carbonyl (C=O) groups is 2. The number of nitrogens with one attached hydrogen (secondary N) is 1. The lowest BCUT2D eigenvalue weighted by Crippen LogP contribution is -2.27. The van der Waals surface area contributed by atoms with E-state index in [1.54, 1.807) is 0 Å². The van der Waals surface area contributed by atoms with Gasteiger partial charge in [-0.25, -0.2) is 0 Å². The molecule has 26 heavy (non-hydrogen) atoms. The Morgan fingerprint density at radius 1 is 1.31 bits per heavy atom. The van der Waals surface area contributed by atoms with E-state index in [4.69, 9.17) is 26.8 Å². The summed E-state index contributed by atoms with van der Waals surface area (Å²) in [5.41, 5.74) is 6.31. The van der Waals surface area contributed by atoms with Crippen LogP contribution in [0.15, 0.2) is 40.9 Å². The largest absolute Gasteiger partial charge is 0.493 e. The van der Waals surface area contributed by atoms with E-state index in [2.05, 4.69) is 21.2 Å². The maximum atomic E-state index is 12.6. The summed E-state index contributed by atoms with van der Waals surface area (Å²) >= 11 is 9.64. The molecule has 1 unspecified atom stereocenters. The van der Waals surface area contributed by atoms with Crippen molar-refractivity contribution in [1.82, 2.24) is 5.32 Å². The topological polar surface area (TPSA) is 90.7 Å². The number of hydrogen-bond acceptors (Lipinski definition) is 4. The van der Waals surface area contributed by atoms with E-state index < -0.39 is 5.91 Å². The van der Waals surface area contributed by atoms with Gasteiger partial charge in [0.1, 0.15) is 0 Å². The Morgan fingerprint density at radius 2 is 2.00 bits per heavy atom. The van der Waals surface area contributed by atoms with Gasteiger partial charge in [0.2, 0.25) is 0 Å². The summed E-state index contributed by atoms with van der Waals surface area (Å²) in [4.78, 5) is 23.5. The molecule has 0 saturated heterocycles. The van der Waals surface area contributed by atoms with E-state index in [1.165, 1.54) is 19.2 Å². The van der Waals surface area contributed by atoms with Crippen molar-refractivity contribution in [2.45, 2.75) is 13.0 Å². The molecular formula is C18H18BrClN2O4. The number of benzene rings is 2. The molecule has 3 N–H and O–H groups in total. The van der Waals surface area contributed by atoms with Gasteiger partial charge in [-0.3, -0.25) is 9.59 Å². The Morgan fingerprint density at radius 3 is 2.62 bits per heavy atom. The van der Waals surface area contributed by atoms with E-state index in [9.17, 15) is 9.59 Å². The molecular weight excluding hydrogens is 424 g/mol. The average Bonchev–Trinajstić information content (AvgIpc) is 2.60. The molecule has 8 heteroatoms. The van der Waals surface area contributed by atoms with Crippen LogP contribution in [-0.4, -0.2) is 25.5 Å². The standard InChI is InChI=1S/C18H18BrClN2O4/c1-10(12-5-3-4-6-13(12)19)22-18(24)11-7-14(20)17(15(8-11)25-2)26-9-16(21)23/h3-8,10H,9H2,1-2H3,(H2,21,23)(H,22,24). The van der Waals surface area contributed by atoms with Crippen LogP contribution < -0.4 is 20.5 Å². The average molecular weight is 442 g/mol. The van der Waals surface area contributed by atoms with Gasteiger partial charge in [0, 0.05) is 10.0 Å². The van der Waals surface area contributed by atoms with Crippen LogP contribution >= 0.6 is 27.5 Å². The monoisotopic (exact) mass is 440 g/mol. The molecule has 138 valence electrons. The van der Waals surface area contributed by atoms with E-state index in [0.717, 1.165) is 10.0 Å². The first-order chi connectivity index (χ1) is 12.3. The normalized spacial score (nSPS) is 11.5. The maximum Gasteiger partial charge on any atom is 0.255 e. The number of nitrogens with two attached hydrogens (primary N) is 1. The summed E-state index contributed by atoms with van der Waals surface area (Å²) in [5.74, 6) is -0.581. The summed E-state index contributed by atoms with van der Waals surface area (Å²) in [6.45, 7) is 1.53. The summed E-state index contributed by atoms with van der Waals surface area (Å²) in [5, 5.41) is 3.05. The quantitative estimate of drug-likeness (QED) is 0.688. The van der Waals surface area contributed by atoms with Gasteiger partial charge < -0.3 is 20.5 Å². The number of ether oxygens (including phenoxy) is 2. The van der Waals surface area contributed by atoms with Gasteiger partial charge in [-0.2, -0.15) is 0 Å². The summed E-state index contributed by atoms with van der Waals surface area (Å²) < 4.78 is 11.4. The molecule has 2 rings (SSSR count). The molecule has 2 aromatic carbocycles. The molecule has 0 radical (unpaired) electrons. The third kappa shape index (κ3) is 4.89. The minimum Gasteiger partial charge on any atom is -0.493 e. The first kappa shape index (κ1) is 20.1. The molecule has 0 aliphatic rings. The van der Waals surface area contributed by atoms with Crippen molar-refractivity contribution in [3.63, 3.8) is 0 Å². The van der Waals surface area contributed by atoms with Crippen LogP contribution in [0.4, 0.5) is 0 Å². The fourth-order valence-corrected chi connectivity index (χ4v) is 3.21. The number of carbonyl (C=O) groups excluding carboxylic acids is 2. The van der Waals surface area contributed by atoms with Crippen LogP contribution in [-0.2, 0) is 4.79 Å². The summed E-state index contributed by atoms with van der Waals surface area (Å²) in [6.07, 6.45) is 0. The molecule has 0 fully saturated rings. The Labute approximate surface area is 164 Å². The van der Waals surface area contributed by atoms with Gasteiger partial charge in [-0.05, 0) is 30.7 Å². The molecule has 0 saturated carbocycles. The molecule has 2 amide bonds. The van der Waals surface area contributed by atoms with Gasteiger partial charge >= 0.3 is 0 Å². The van der Waals surface area contributed by atoms with Crippen LogP contribution in [0.3, 0.4) is 0 Å². The Bertz CT molecular complexity index is 829. The Balaban J connectivity index is 2.22. The lowest BCUT2D eigenvalue weighted by atomic mass is 10.1. The fraction of sp³-hybridized carbons (Fsp3) is 0.222. The van der Waals surface area contributed by atoms with Crippen molar-refractivity contribution in [3.8, 4) is 11.5 Å². The van der Waals surface area contributed by atoms with Crippen molar-refractivity contribution in [1.29, 1.82) is 0 Å². The first-order valence-electron chi connectivity index (χ1n) is 7.67. The molecule has 0 aliphatic heterocycles. The smallest absolute Gasteiger partial charge is 0.255 e. The van der Waals surface area contributed by atoms with Crippen molar-refractivity contribution in [3.05, 3.63) is 57.0 Å². The highest BCUT2D eigenvalue weighted by molar-refractivity contribution is 9.10. The Kier molecular flexibility index (Phi) is 6.88. The zero-order chi connectivity index (χ0) is 19.3. The van der Waals surface area contributed by atoms with E-state index in [0.29, 0.717) is 5.56 Å². The number of rotatable bonds is 7. The van der Waals surface area contributed by atoms with Crippen LogP contribution in [0.1, 0.15) is 28.9 Å².